The number of rotatable bonds is 4. The van der Waals surface area contributed by atoms with Crippen molar-refractivity contribution < 1.29 is 12.8 Å². The van der Waals surface area contributed by atoms with Crippen molar-refractivity contribution in [2.24, 2.45) is 5.73 Å². The number of aryl methyl sites for hydroxylation is 1. The summed E-state index contributed by atoms with van der Waals surface area (Å²) < 4.78 is 36.8. The van der Waals surface area contributed by atoms with Crippen LogP contribution in [0.25, 0.3) is 0 Å². The third-order valence-electron chi connectivity index (χ3n) is 2.10. The van der Waals surface area contributed by atoms with Gasteiger partial charge in [0.25, 0.3) is 0 Å². The van der Waals surface area contributed by atoms with E-state index < -0.39 is 21.4 Å². The largest absolute Gasteiger partial charge is 0.327 e. The van der Waals surface area contributed by atoms with Crippen molar-refractivity contribution >= 4 is 9.84 Å². The van der Waals surface area contributed by atoms with Gasteiger partial charge in [-0.05, 0) is 24.6 Å². The van der Waals surface area contributed by atoms with Crippen molar-refractivity contribution in [3.8, 4) is 0 Å². The molecule has 0 aliphatic carbocycles. The van der Waals surface area contributed by atoms with Crippen LogP contribution in [-0.2, 0) is 9.84 Å². The SMILES string of the molecule is Cc1ccccc1S(=O)(=O)C/C(F)=C/CN. The molecular weight excluding hydrogens is 229 g/mol. The van der Waals surface area contributed by atoms with E-state index in [4.69, 9.17) is 5.73 Å². The van der Waals surface area contributed by atoms with Crippen molar-refractivity contribution in [3.05, 3.63) is 41.7 Å². The van der Waals surface area contributed by atoms with Crippen LogP contribution in [0, 0.1) is 6.92 Å². The molecule has 0 heterocycles. The molecule has 0 amide bonds. The Morgan fingerprint density at radius 1 is 1.44 bits per heavy atom. The van der Waals surface area contributed by atoms with Gasteiger partial charge in [0.15, 0.2) is 9.84 Å². The minimum Gasteiger partial charge on any atom is -0.327 e. The van der Waals surface area contributed by atoms with Crippen molar-refractivity contribution in [1.29, 1.82) is 0 Å². The van der Waals surface area contributed by atoms with Crippen molar-refractivity contribution in [3.63, 3.8) is 0 Å². The molecule has 0 saturated carbocycles. The first-order chi connectivity index (χ1) is 7.47. The molecular formula is C11H14FNO2S. The summed E-state index contributed by atoms with van der Waals surface area (Å²) in [5.41, 5.74) is 5.72. The summed E-state index contributed by atoms with van der Waals surface area (Å²) in [6, 6.07) is 6.50. The monoisotopic (exact) mass is 243 g/mol. The Labute approximate surface area is 94.7 Å². The highest BCUT2D eigenvalue weighted by atomic mass is 32.2. The molecule has 0 spiro atoms. The Morgan fingerprint density at radius 2 is 2.06 bits per heavy atom. The van der Waals surface area contributed by atoms with Crippen LogP contribution in [0.4, 0.5) is 4.39 Å². The topological polar surface area (TPSA) is 60.2 Å². The molecule has 0 aliphatic rings. The number of benzene rings is 1. The lowest BCUT2D eigenvalue weighted by Gasteiger charge is -2.05. The lowest BCUT2D eigenvalue weighted by Crippen LogP contribution is -2.09. The van der Waals surface area contributed by atoms with Gasteiger partial charge in [-0.1, -0.05) is 18.2 Å². The Bertz CT molecular complexity index is 494. The first-order valence-corrected chi connectivity index (χ1v) is 6.45. The van der Waals surface area contributed by atoms with Gasteiger partial charge in [0, 0.05) is 6.54 Å². The molecule has 0 saturated heterocycles. The minimum atomic E-state index is -3.61. The number of hydrogen-bond acceptors (Lipinski definition) is 3. The number of nitrogens with two attached hydrogens (primary N) is 1. The molecule has 1 aromatic carbocycles. The molecule has 0 aromatic heterocycles. The summed E-state index contributed by atoms with van der Waals surface area (Å²) >= 11 is 0. The van der Waals surface area contributed by atoms with E-state index >= 15 is 0 Å². The third-order valence-corrected chi connectivity index (χ3v) is 3.88. The van der Waals surface area contributed by atoms with Gasteiger partial charge < -0.3 is 5.73 Å². The van der Waals surface area contributed by atoms with E-state index in [-0.39, 0.29) is 11.4 Å². The molecule has 16 heavy (non-hydrogen) atoms. The van der Waals surface area contributed by atoms with Crippen molar-refractivity contribution in [1.82, 2.24) is 0 Å². The van der Waals surface area contributed by atoms with Crippen LogP contribution in [-0.4, -0.2) is 20.7 Å². The summed E-state index contributed by atoms with van der Waals surface area (Å²) in [6.45, 7) is 1.67. The molecule has 2 N–H and O–H groups in total. The standard InChI is InChI=1S/C11H14FNO2S/c1-9-4-2-3-5-11(9)16(14,15)8-10(12)6-7-13/h2-6H,7-8,13H2,1H3/b10-6-. The third kappa shape index (κ3) is 3.15. The fourth-order valence-electron chi connectivity index (χ4n) is 1.35. The maximum absolute atomic E-state index is 13.1. The van der Waals surface area contributed by atoms with Gasteiger partial charge in [-0.25, -0.2) is 12.8 Å². The highest BCUT2D eigenvalue weighted by molar-refractivity contribution is 7.91. The molecule has 0 bridgehead atoms. The lowest BCUT2D eigenvalue weighted by atomic mass is 10.2. The highest BCUT2D eigenvalue weighted by Gasteiger charge is 2.18. The minimum absolute atomic E-state index is 0.00484. The van der Waals surface area contributed by atoms with Gasteiger partial charge in [-0.3, -0.25) is 0 Å². The van der Waals surface area contributed by atoms with Crippen molar-refractivity contribution in [2.75, 3.05) is 12.3 Å². The Kier molecular flexibility index (Phi) is 4.20. The molecule has 0 unspecified atom stereocenters. The molecule has 3 nitrogen and oxygen atoms in total. The fraction of sp³-hybridized carbons (Fsp3) is 0.273. The quantitative estimate of drug-likeness (QED) is 0.873. The number of sulfone groups is 1. The highest BCUT2D eigenvalue weighted by Crippen LogP contribution is 2.18. The molecule has 1 aromatic rings. The second-order valence-electron chi connectivity index (χ2n) is 3.41. The zero-order valence-electron chi connectivity index (χ0n) is 8.98. The Balaban J connectivity index is 3.04. The van der Waals surface area contributed by atoms with E-state index in [1.165, 1.54) is 6.07 Å². The van der Waals surface area contributed by atoms with Crippen molar-refractivity contribution in [2.45, 2.75) is 11.8 Å². The van der Waals surface area contributed by atoms with Crippen LogP contribution in [0.3, 0.4) is 0 Å². The Hall–Kier alpha value is -1.20. The van der Waals surface area contributed by atoms with Gasteiger partial charge in [0.1, 0.15) is 11.6 Å². The van der Waals surface area contributed by atoms with E-state index in [1.807, 2.05) is 0 Å². The smallest absolute Gasteiger partial charge is 0.185 e. The zero-order valence-corrected chi connectivity index (χ0v) is 9.80. The summed E-state index contributed by atoms with van der Waals surface area (Å²) in [5.74, 6) is -1.35. The van der Waals surface area contributed by atoms with Crippen LogP contribution in [0.2, 0.25) is 0 Å². The molecule has 1 rings (SSSR count). The molecule has 5 heteroatoms. The van der Waals surface area contributed by atoms with Crippen LogP contribution in [0.1, 0.15) is 5.56 Å². The van der Waals surface area contributed by atoms with E-state index in [2.05, 4.69) is 0 Å². The summed E-state index contributed by atoms with van der Waals surface area (Å²) in [4.78, 5) is 0.163. The van der Waals surface area contributed by atoms with Gasteiger partial charge in [-0.15, -0.1) is 0 Å². The van der Waals surface area contributed by atoms with Crippen LogP contribution in [0.5, 0.6) is 0 Å². The average molecular weight is 243 g/mol. The molecule has 0 radical (unpaired) electrons. The normalized spacial score (nSPS) is 12.8. The first kappa shape index (κ1) is 12.9. The molecule has 88 valence electrons. The van der Waals surface area contributed by atoms with Gasteiger partial charge >= 0.3 is 0 Å². The second-order valence-corrected chi connectivity index (χ2v) is 5.37. The first-order valence-electron chi connectivity index (χ1n) is 4.80. The van der Waals surface area contributed by atoms with E-state index in [0.29, 0.717) is 5.56 Å². The maximum Gasteiger partial charge on any atom is 0.185 e. The van der Waals surface area contributed by atoms with Gasteiger partial charge in [0.05, 0.1) is 4.90 Å². The van der Waals surface area contributed by atoms with Crippen LogP contribution >= 0.6 is 0 Å². The molecule has 0 aliphatic heterocycles. The predicted octanol–water partition coefficient (Wildman–Crippen LogP) is 1.58. The van der Waals surface area contributed by atoms with Crippen LogP contribution < -0.4 is 5.73 Å². The molecule has 0 fully saturated rings. The molecule has 0 atom stereocenters. The van der Waals surface area contributed by atoms with E-state index in [1.54, 1.807) is 25.1 Å². The number of hydrogen-bond donors (Lipinski definition) is 1. The van der Waals surface area contributed by atoms with E-state index in [9.17, 15) is 12.8 Å². The van der Waals surface area contributed by atoms with Crippen LogP contribution in [0.15, 0.2) is 41.1 Å². The summed E-state index contributed by atoms with van der Waals surface area (Å²) in [6.07, 6.45) is 1.07. The average Bonchev–Trinajstić information content (AvgIpc) is 2.17. The Morgan fingerprint density at radius 3 is 2.62 bits per heavy atom. The van der Waals surface area contributed by atoms with Gasteiger partial charge in [-0.2, -0.15) is 0 Å². The summed E-state index contributed by atoms with van der Waals surface area (Å²) in [5, 5.41) is 0. The summed E-state index contributed by atoms with van der Waals surface area (Å²) in [7, 11) is -3.61. The second kappa shape index (κ2) is 5.23. The fourth-order valence-corrected chi connectivity index (χ4v) is 2.83. The lowest BCUT2D eigenvalue weighted by molar-refractivity contribution is 0.582. The maximum atomic E-state index is 13.1. The zero-order chi connectivity index (χ0) is 12.2. The van der Waals surface area contributed by atoms with Gasteiger partial charge in [0.2, 0.25) is 0 Å². The predicted molar refractivity (Wildman–Crippen MR) is 61.5 cm³/mol. The van der Waals surface area contributed by atoms with E-state index in [0.717, 1.165) is 6.08 Å². The number of halogens is 1.